The van der Waals surface area contributed by atoms with Crippen molar-refractivity contribution < 1.29 is 19.1 Å². The summed E-state index contributed by atoms with van der Waals surface area (Å²) in [7, 11) is 0. The Kier molecular flexibility index (Phi) is 13.8. The van der Waals surface area contributed by atoms with Crippen molar-refractivity contribution in [3.8, 4) is 23.0 Å². The first-order chi connectivity index (χ1) is 22.5. The van der Waals surface area contributed by atoms with Gasteiger partial charge in [-0.2, -0.15) is 0 Å². The number of hydrogen-bond donors (Lipinski definition) is 0. The van der Waals surface area contributed by atoms with Crippen LogP contribution in [-0.2, 0) is 6.42 Å². The second kappa shape index (κ2) is 17.7. The second-order valence-corrected chi connectivity index (χ2v) is 14.0. The molecule has 0 fully saturated rings. The summed E-state index contributed by atoms with van der Waals surface area (Å²) in [6, 6.07) is 26.7. The van der Waals surface area contributed by atoms with Gasteiger partial charge in [0, 0.05) is 11.1 Å². The molecule has 0 heterocycles. The zero-order valence-corrected chi connectivity index (χ0v) is 30.3. The molecule has 3 atom stereocenters. The Morgan fingerprint density at radius 1 is 0.787 bits per heavy atom. The molecule has 244 valence electrons. The van der Waals surface area contributed by atoms with Crippen LogP contribution in [0.25, 0.3) is 0 Å². The molecule has 0 aliphatic rings. The van der Waals surface area contributed by atoms with E-state index in [0.717, 1.165) is 18.4 Å². The van der Waals surface area contributed by atoms with Crippen LogP contribution in [0, 0.1) is 11.8 Å². The summed E-state index contributed by atoms with van der Waals surface area (Å²) in [5.74, 6) is 2.69. The van der Waals surface area contributed by atoms with Gasteiger partial charge in [0.1, 0.15) is 29.0 Å². The highest BCUT2D eigenvalue weighted by Crippen LogP contribution is 2.33. The normalized spacial score (nSPS) is 12.9. The molecule has 47 heavy (non-hydrogen) atoms. The average molecular weight is 754 g/mol. The first-order valence-corrected chi connectivity index (χ1v) is 17.5. The highest BCUT2D eigenvalue weighted by Gasteiger charge is 2.22. The summed E-state index contributed by atoms with van der Waals surface area (Å²) in [4.78, 5) is 29.8. The van der Waals surface area contributed by atoms with Crippen molar-refractivity contribution in [2.75, 3.05) is 0 Å². The Hall–Kier alpha value is -3.32. The third-order valence-corrected chi connectivity index (χ3v) is 9.07. The zero-order valence-electron chi connectivity index (χ0n) is 26.4. The predicted octanol–water partition coefficient (Wildman–Crippen LogP) is 11.9. The number of aliphatic imine (C=N–C) groups is 1. The number of carbonyl (C=O) groups is 2. The lowest BCUT2D eigenvalue weighted by molar-refractivity contribution is 0.0951. The minimum Gasteiger partial charge on any atom is -0.456 e. The van der Waals surface area contributed by atoms with Crippen LogP contribution < -0.4 is 9.47 Å². The third kappa shape index (κ3) is 10.9. The summed E-state index contributed by atoms with van der Waals surface area (Å²) in [6.07, 6.45) is 3.03. The molecule has 4 aromatic rings. The molecular formula is C38H36BrCl2NO4S. The lowest BCUT2D eigenvalue weighted by Gasteiger charge is -2.16. The van der Waals surface area contributed by atoms with E-state index in [0.29, 0.717) is 62.9 Å². The number of Topliss-reactive ketones (excluding diaryl/α,β-unsaturated/α-hetero) is 2. The molecule has 0 spiro atoms. The van der Waals surface area contributed by atoms with Gasteiger partial charge in [0.2, 0.25) is 0 Å². The van der Waals surface area contributed by atoms with Crippen LogP contribution in [0.2, 0.25) is 10.0 Å². The number of thiocarbonyl (C=S) groups is 1. The van der Waals surface area contributed by atoms with Gasteiger partial charge in [-0.1, -0.05) is 90.2 Å². The smallest absolute Gasteiger partial charge is 0.188 e. The fourth-order valence-corrected chi connectivity index (χ4v) is 6.50. The monoisotopic (exact) mass is 751 g/mol. The molecule has 0 N–H and O–H groups in total. The maximum absolute atomic E-state index is 13.1. The van der Waals surface area contributed by atoms with E-state index in [1.54, 1.807) is 36.4 Å². The number of aryl methyl sites for hydroxylation is 1. The minimum absolute atomic E-state index is 0.0126. The summed E-state index contributed by atoms with van der Waals surface area (Å²) in [5.41, 5.74) is 2.15. The third-order valence-electron chi connectivity index (χ3n) is 7.58. The van der Waals surface area contributed by atoms with E-state index in [1.165, 1.54) is 0 Å². The van der Waals surface area contributed by atoms with Crippen molar-refractivity contribution in [2.45, 2.75) is 57.3 Å². The largest absolute Gasteiger partial charge is 0.456 e. The van der Waals surface area contributed by atoms with Crippen LogP contribution >= 0.6 is 51.3 Å². The number of ether oxygens (including phenoxy) is 2. The Balaban J connectivity index is 1.27. The number of nitrogens with zero attached hydrogens (tertiary/aromatic N) is 1. The van der Waals surface area contributed by atoms with E-state index >= 15 is 0 Å². The van der Waals surface area contributed by atoms with Gasteiger partial charge in [-0.25, -0.2) is 4.99 Å². The molecule has 0 aliphatic carbocycles. The van der Waals surface area contributed by atoms with Gasteiger partial charge in [0.05, 0.1) is 20.0 Å². The fourth-order valence-electron chi connectivity index (χ4n) is 5.03. The minimum atomic E-state index is -0.580. The first-order valence-electron chi connectivity index (χ1n) is 15.4. The van der Waals surface area contributed by atoms with Crippen molar-refractivity contribution in [3.05, 3.63) is 118 Å². The molecular weight excluding hydrogens is 717 g/mol. The number of carbonyl (C=O) groups excluding carboxylic acids is 2. The van der Waals surface area contributed by atoms with Crippen LogP contribution in [0.3, 0.4) is 0 Å². The maximum Gasteiger partial charge on any atom is 0.188 e. The van der Waals surface area contributed by atoms with E-state index in [4.69, 9.17) is 44.9 Å². The summed E-state index contributed by atoms with van der Waals surface area (Å²) in [6.45, 7) is 6.20. The molecule has 4 rings (SSSR count). The van der Waals surface area contributed by atoms with Crippen molar-refractivity contribution in [1.82, 2.24) is 0 Å². The van der Waals surface area contributed by atoms with E-state index < -0.39 is 6.04 Å². The Morgan fingerprint density at radius 2 is 1.34 bits per heavy atom. The standard InChI is InChI=1S/C38H36BrCl2NO4S/c1-24(2)19-34(42-23-47)38(44)28-14-18-36(33(41)22-28)46-30-15-11-26(12-16-30)10-9-25(3)20-31(39)37(43)27-13-17-35(32(40)21-27)45-29-7-5-4-6-8-29/h4-8,11-18,21-22,24-25,31,34H,9-10,19-20H2,1-3H3. The SMILES string of the molecule is CC(C)CC(N=C=S)C(=O)c1ccc(Oc2ccc(CCC(C)CC(Br)C(=O)c3ccc(Oc4ccccc4)c(Cl)c3)cc2)c(Cl)c1. The Labute approximate surface area is 300 Å². The second-order valence-electron chi connectivity index (χ2n) is 11.9. The number of halogens is 3. The van der Waals surface area contributed by atoms with Crippen LogP contribution in [0.4, 0.5) is 0 Å². The van der Waals surface area contributed by atoms with E-state index in [-0.39, 0.29) is 22.3 Å². The van der Waals surface area contributed by atoms with Crippen LogP contribution in [0.15, 0.2) is 96.0 Å². The number of hydrogen-bond acceptors (Lipinski definition) is 6. The van der Waals surface area contributed by atoms with Gasteiger partial charge < -0.3 is 9.47 Å². The quantitative estimate of drug-likeness (QED) is 0.0493. The van der Waals surface area contributed by atoms with Crippen LogP contribution in [0.5, 0.6) is 23.0 Å². The molecule has 0 saturated carbocycles. The Morgan fingerprint density at radius 3 is 1.87 bits per heavy atom. The molecule has 9 heteroatoms. The van der Waals surface area contributed by atoms with Crippen molar-refractivity contribution >= 4 is 68.1 Å². The van der Waals surface area contributed by atoms with Crippen LogP contribution in [-0.4, -0.2) is 27.6 Å². The van der Waals surface area contributed by atoms with Gasteiger partial charge in [-0.15, -0.1) is 0 Å². The highest BCUT2D eigenvalue weighted by atomic mass is 79.9. The summed E-state index contributed by atoms with van der Waals surface area (Å²) < 4.78 is 11.8. The zero-order chi connectivity index (χ0) is 33.9. The summed E-state index contributed by atoms with van der Waals surface area (Å²) in [5, 5.41) is 3.06. The van der Waals surface area contributed by atoms with Crippen molar-refractivity contribution in [1.29, 1.82) is 0 Å². The molecule has 0 bridgehead atoms. The highest BCUT2D eigenvalue weighted by molar-refractivity contribution is 9.10. The predicted molar refractivity (Wildman–Crippen MR) is 198 cm³/mol. The van der Waals surface area contributed by atoms with Gasteiger partial charge in [-0.3, -0.25) is 9.59 Å². The number of ketones is 2. The van der Waals surface area contributed by atoms with Gasteiger partial charge in [-0.05, 0) is 116 Å². The molecule has 0 saturated heterocycles. The first kappa shape index (κ1) is 36.5. The molecule has 0 aromatic heterocycles. The lowest BCUT2D eigenvalue weighted by atomic mass is 9.94. The molecule has 0 aliphatic heterocycles. The lowest BCUT2D eigenvalue weighted by Crippen LogP contribution is -2.20. The van der Waals surface area contributed by atoms with Gasteiger partial charge in [0.25, 0.3) is 0 Å². The number of rotatable bonds is 16. The molecule has 3 unspecified atom stereocenters. The Bertz CT molecular complexity index is 1730. The van der Waals surface area contributed by atoms with E-state index in [1.807, 2.05) is 68.4 Å². The number of alkyl halides is 1. The topological polar surface area (TPSA) is 65.0 Å². The van der Waals surface area contributed by atoms with Crippen molar-refractivity contribution in [2.24, 2.45) is 16.8 Å². The molecule has 0 amide bonds. The van der Waals surface area contributed by atoms with E-state index in [9.17, 15) is 9.59 Å². The van der Waals surface area contributed by atoms with Crippen molar-refractivity contribution in [3.63, 3.8) is 0 Å². The number of benzene rings is 4. The number of para-hydroxylation sites is 1. The van der Waals surface area contributed by atoms with E-state index in [2.05, 4.69) is 33.0 Å². The molecule has 0 radical (unpaired) electrons. The average Bonchev–Trinajstić information content (AvgIpc) is 3.05. The van der Waals surface area contributed by atoms with Gasteiger partial charge >= 0.3 is 0 Å². The summed E-state index contributed by atoms with van der Waals surface area (Å²) >= 11 is 21.3. The molecule has 5 nitrogen and oxygen atoms in total. The number of isothiocyanates is 1. The molecule has 4 aromatic carbocycles. The maximum atomic E-state index is 13.1. The fraction of sp³-hybridized carbons (Fsp3) is 0.289. The van der Waals surface area contributed by atoms with Crippen LogP contribution in [0.1, 0.15) is 66.3 Å². The van der Waals surface area contributed by atoms with Gasteiger partial charge in [0.15, 0.2) is 11.6 Å².